The number of aromatic nitrogens is 3. The normalized spacial score (nSPS) is 10.6. The first kappa shape index (κ1) is 20.9. The van der Waals surface area contributed by atoms with Crippen LogP contribution in [0.5, 0.6) is 0 Å². The van der Waals surface area contributed by atoms with Crippen LogP contribution >= 0.6 is 11.3 Å². The Morgan fingerprint density at radius 1 is 1.12 bits per heavy atom. The molecule has 4 rings (SSSR count). The van der Waals surface area contributed by atoms with E-state index in [9.17, 15) is 19.7 Å². The van der Waals surface area contributed by atoms with Gasteiger partial charge in [0, 0.05) is 11.6 Å². The number of hydrogen-bond acceptors (Lipinski definition) is 8. The molecule has 0 aliphatic rings. The van der Waals surface area contributed by atoms with Gasteiger partial charge in [0.25, 0.3) is 11.5 Å². The first-order valence-corrected chi connectivity index (χ1v) is 10.1. The van der Waals surface area contributed by atoms with Gasteiger partial charge in [-0.1, -0.05) is 24.3 Å². The molecule has 0 radical (unpaired) electrons. The maximum absolute atomic E-state index is 12.6. The standard InChI is InChI=1S/C21H15N5O5S/c22-18(27)13-8-9-14(16(11-13)26(29)30)12-31-21(28)19-23-20(17-7-4-10-32-17)25(24-19)15-5-2-1-3-6-15/h1-11H,12H2,(H2,22,27). The second-order valence-electron chi connectivity index (χ2n) is 6.52. The van der Waals surface area contributed by atoms with Gasteiger partial charge in [0.1, 0.15) is 6.61 Å². The molecule has 2 heterocycles. The molecular weight excluding hydrogens is 434 g/mol. The lowest BCUT2D eigenvalue weighted by atomic mass is 10.1. The summed E-state index contributed by atoms with van der Waals surface area (Å²) in [5.74, 6) is -1.36. The lowest BCUT2D eigenvalue weighted by molar-refractivity contribution is -0.385. The van der Waals surface area contributed by atoms with Crippen molar-refractivity contribution in [3.63, 3.8) is 0 Å². The van der Waals surface area contributed by atoms with E-state index < -0.39 is 23.4 Å². The van der Waals surface area contributed by atoms with Crippen LogP contribution < -0.4 is 5.73 Å². The number of thiophene rings is 1. The SMILES string of the molecule is NC(=O)c1ccc(COC(=O)c2nc(-c3cccs3)n(-c3ccccc3)n2)c([N+](=O)[O-])c1. The molecule has 0 bridgehead atoms. The van der Waals surface area contributed by atoms with Crippen LogP contribution in [0.15, 0.2) is 66.0 Å². The second-order valence-corrected chi connectivity index (χ2v) is 7.47. The fraction of sp³-hybridized carbons (Fsp3) is 0.0476. The second kappa shape index (κ2) is 8.78. The monoisotopic (exact) mass is 449 g/mol. The van der Waals surface area contributed by atoms with Crippen LogP contribution in [0.2, 0.25) is 0 Å². The van der Waals surface area contributed by atoms with E-state index in [-0.39, 0.29) is 22.6 Å². The molecule has 32 heavy (non-hydrogen) atoms. The fourth-order valence-corrected chi connectivity index (χ4v) is 3.63. The Morgan fingerprint density at radius 3 is 2.56 bits per heavy atom. The molecule has 160 valence electrons. The number of nitrogens with zero attached hydrogens (tertiary/aromatic N) is 4. The largest absolute Gasteiger partial charge is 0.455 e. The Kier molecular flexibility index (Phi) is 5.73. The van der Waals surface area contributed by atoms with Crippen molar-refractivity contribution in [2.24, 2.45) is 5.73 Å². The molecular formula is C21H15N5O5S. The number of ether oxygens (including phenoxy) is 1. The number of carbonyl (C=O) groups is 2. The highest BCUT2D eigenvalue weighted by Gasteiger charge is 2.22. The molecule has 0 unspecified atom stereocenters. The minimum Gasteiger partial charge on any atom is -0.455 e. The van der Waals surface area contributed by atoms with Crippen molar-refractivity contribution < 1.29 is 19.2 Å². The molecule has 0 saturated carbocycles. The molecule has 2 N–H and O–H groups in total. The predicted molar refractivity (Wildman–Crippen MR) is 115 cm³/mol. The minimum atomic E-state index is -0.842. The number of primary amides is 1. The maximum Gasteiger partial charge on any atom is 0.378 e. The highest BCUT2D eigenvalue weighted by atomic mass is 32.1. The number of hydrogen-bond donors (Lipinski definition) is 1. The van der Waals surface area contributed by atoms with Gasteiger partial charge in [-0.05, 0) is 35.7 Å². The molecule has 0 atom stereocenters. The first-order valence-electron chi connectivity index (χ1n) is 9.24. The fourth-order valence-electron chi connectivity index (χ4n) is 2.93. The van der Waals surface area contributed by atoms with Crippen molar-refractivity contribution in [1.82, 2.24) is 14.8 Å². The number of nitrogens with two attached hydrogens (primary N) is 1. The van der Waals surface area contributed by atoms with Gasteiger partial charge < -0.3 is 10.5 Å². The van der Waals surface area contributed by atoms with E-state index in [4.69, 9.17) is 10.5 Å². The van der Waals surface area contributed by atoms with Crippen molar-refractivity contribution in [3.8, 4) is 16.4 Å². The molecule has 0 aliphatic heterocycles. The van der Waals surface area contributed by atoms with E-state index in [1.807, 2.05) is 47.8 Å². The molecule has 1 amide bonds. The van der Waals surface area contributed by atoms with Crippen molar-refractivity contribution in [2.45, 2.75) is 6.61 Å². The van der Waals surface area contributed by atoms with Crippen LogP contribution in [0, 0.1) is 10.1 Å². The summed E-state index contributed by atoms with van der Waals surface area (Å²) < 4.78 is 6.77. The molecule has 4 aromatic rings. The van der Waals surface area contributed by atoms with Crippen molar-refractivity contribution in [3.05, 3.63) is 93.1 Å². The molecule has 11 heteroatoms. The van der Waals surface area contributed by atoms with Gasteiger partial charge in [0.15, 0.2) is 5.82 Å². The number of carbonyl (C=O) groups excluding carboxylic acids is 2. The van der Waals surface area contributed by atoms with Crippen molar-refractivity contribution >= 4 is 28.9 Å². The molecule has 0 aliphatic carbocycles. The number of benzene rings is 2. The highest BCUT2D eigenvalue weighted by molar-refractivity contribution is 7.13. The summed E-state index contributed by atoms with van der Waals surface area (Å²) in [5, 5.41) is 17.5. The third-order valence-corrected chi connectivity index (χ3v) is 5.32. The van der Waals surface area contributed by atoms with E-state index >= 15 is 0 Å². The summed E-state index contributed by atoms with van der Waals surface area (Å²) in [6, 6.07) is 16.6. The average Bonchev–Trinajstić information content (AvgIpc) is 3.47. The summed E-state index contributed by atoms with van der Waals surface area (Å²) in [4.78, 5) is 39.7. The van der Waals surface area contributed by atoms with Gasteiger partial charge in [-0.2, -0.15) is 4.98 Å². The number of esters is 1. The number of para-hydroxylation sites is 1. The Bertz CT molecular complexity index is 1300. The van der Waals surface area contributed by atoms with E-state index in [1.54, 1.807) is 0 Å². The molecule has 10 nitrogen and oxygen atoms in total. The number of nitro groups is 1. The zero-order valence-electron chi connectivity index (χ0n) is 16.4. The Morgan fingerprint density at radius 2 is 1.91 bits per heavy atom. The molecule has 2 aromatic carbocycles. The predicted octanol–water partition coefficient (Wildman–Crippen LogP) is 3.36. The van der Waals surface area contributed by atoms with Gasteiger partial charge in [-0.15, -0.1) is 16.4 Å². The van der Waals surface area contributed by atoms with Crippen LogP contribution in [-0.4, -0.2) is 31.6 Å². The van der Waals surface area contributed by atoms with Crippen LogP contribution in [0.1, 0.15) is 26.5 Å². The van der Waals surface area contributed by atoms with Crippen LogP contribution in [0.25, 0.3) is 16.4 Å². The van der Waals surface area contributed by atoms with Crippen LogP contribution in [0.3, 0.4) is 0 Å². The summed E-state index contributed by atoms with van der Waals surface area (Å²) in [5.41, 5.74) is 5.59. The van der Waals surface area contributed by atoms with E-state index in [0.29, 0.717) is 11.5 Å². The smallest absolute Gasteiger partial charge is 0.378 e. The lowest BCUT2D eigenvalue weighted by Gasteiger charge is -2.05. The Hall–Kier alpha value is -4.38. The summed E-state index contributed by atoms with van der Waals surface area (Å²) in [6.45, 7) is -0.400. The highest BCUT2D eigenvalue weighted by Crippen LogP contribution is 2.26. The van der Waals surface area contributed by atoms with Crippen LogP contribution in [-0.2, 0) is 11.3 Å². The number of rotatable bonds is 7. The third kappa shape index (κ3) is 4.23. The summed E-state index contributed by atoms with van der Waals surface area (Å²) in [7, 11) is 0. The minimum absolute atomic E-state index is 0.0179. The van der Waals surface area contributed by atoms with Gasteiger partial charge in [-0.3, -0.25) is 14.9 Å². The van der Waals surface area contributed by atoms with Gasteiger partial charge in [-0.25, -0.2) is 9.48 Å². The summed E-state index contributed by atoms with van der Waals surface area (Å²) in [6.07, 6.45) is 0. The van der Waals surface area contributed by atoms with Gasteiger partial charge >= 0.3 is 5.97 Å². The Balaban J connectivity index is 1.61. The zero-order valence-corrected chi connectivity index (χ0v) is 17.2. The lowest BCUT2D eigenvalue weighted by Crippen LogP contribution is -2.13. The number of nitro benzene ring substituents is 1. The molecule has 2 aromatic heterocycles. The molecule has 0 saturated heterocycles. The van der Waals surface area contributed by atoms with Crippen molar-refractivity contribution in [1.29, 1.82) is 0 Å². The van der Waals surface area contributed by atoms with Crippen LogP contribution in [0.4, 0.5) is 5.69 Å². The van der Waals surface area contributed by atoms with E-state index in [2.05, 4.69) is 10.1 Å². The van der Waals surface area contributed by atoms with E-state index in [0.717, 1.165) is 10.9 Å². The first-order chi connectivity index (χ1) is 15.4. The quantitative estimate of drug-likeness (QED) is 0.259. The van der Waals surface area contributed by atoms with Crippen molar-refractivity contribution in [2.75, 3.05) is 0 Å². The molecule has 0 spiro atoms. The average molecular weight is 449 g/mol. The maximum atomic E-state index is 12.6. The number of amides is 1. The van der Waals surface area contributed by atoms with E-state index in [1.165, 1.54) is 28.2 Å². The molecule has 0 fully saturated rings. The topological polar surface area (TPSA) is 143 Å². The zero-order chi connectivity index (χ0) is 22.7. The summed E-state index contributed by atoms with van der Waals surface area (Å²) >= 11 is 1.44. The van der Waals surface area contributed by atoms with Gasteiger partial charge in [0.2, 0.25) is 5.91 Å². The third-order valence-electron chi connectivity index (χ3n) is 4.46. The van der Waals surface area contributed by atoms with Gasteiger partial charge in [0.05, 0.1) is 21.1 Å². The Labute approximate surface area is 185 Å².